The summed E-state index contributed by atoms with van der Waals surface area (Å²) in [4.78, 5) is 19.7. The van der Waals surface area contributed by atoms with Gasteiger partial charge < -0.3 is 21.4 Å². The molecule has 0 aliphatic heterocycles. The molecule has 5 N–H and O–H groups in total. The van der Waals surface area contributed by atoms with Crippen molar-refractivity contribution in [2.24, 2.45) is 0 Å². The molecule has 0 saturated heterocycles. The van der Waals surface area contributed by atoms with Crippen LogP contribution in [-0.4, -0.2) is 15.9 Å². The van der Waals surface area contributed by atoms with Crippen molar-refractivity contribution in [2.75, 3.05) is 11.1 Å². The molecule has 25 heavy (non-hydrogen) atoms. The van der Waals surface area contributed by atoms with Crippen LogP contribution in [0, 0.1) is 13.8 Å². The average Bonchev–Trinajstić information content (AvgIpc) is 3.03. The fraction of sp³-hybridized carbons (Fsp3) is 0.158. The van der Waals surface area contributed by atoms with E-state index in [0.717, 1.165) is 28.3 Å². The molecule has 0 radical (unpaired) electrons. The Morgan fingerprint density at radius 3 is 2.68 bits per heavy atom. The third kappa shape index (κ3) is 3.98. The number of nitrogens with zero attached hydrogens (tertiary/aromatic N) is 1. The average molecular weight is 335 g/mol. The monoisotopic (exact) mass is 335 g/mol. The zero-order valence-corrected chi connectivity index (χ0v) is 14.3. The number of amides is 1. The van der Waals surface area contributed by atoms with Gasteiger partial charge in [0.1, 0.15) is 11.6 Å². The van der Waals surface area contributed by atoms with E-state index in [4.69, 9.17) is 5.73 Å². The van der Waals surface area contributed by atoms with Gasteiger partial charge in [-0.3, -0.25) is 4.79 Å². The lowest BCUT2D eigenvalue weighted by molar-refractivity contribution is 0.0951. The minimum atomic E-state index is -0.145. The third-order valence-corrected chi connectivity index (χ3v) is 4.00. The molecule has 2 aromatic heterocycles. The predicted octanol–water partition coefficient (Wildman–Crippen LogP) is 3.28. The van der Waals surface area contributed by atoms with Gasteiger partial charge in [0, 0.05) is 24.1 Å². The van der Waals surface area contributed by atoms with Crippen molar-refractivity contribution in [3.05, 3.63) is 71.0 Å². The highest BCUT2D eigenvalue weighted by Gasteiger charge is 2.11. The molecule has 0 aliphatic rings. The molecule has 0 fully saturated rings. The number of H-pyrrole nitrogens is 1. The highest BCUT2D eigenvalue weighted by molar-refractivity contribution is 5.95. The van der Waals surface area contributed by atoms with Crippen LogP contribution in [0.2, 0.25) is 0 Å². The molecule has 0 spiro atoms. The van der Waals surface area contributed by atoms with Gasteiger partial charge in [0.25, 0.3) is 5.91 Å². The van der Waals surface area contributed by atoms with Gasteiger partial charge in [0.15, 0.2) is 0 Å². The van der Waals surface area contributed by atoms with Crippen LogP contribution >= 0.6 is 0 Å². The highest BCUT2D eigenvalue weighted by atomic mass is 16.1. The molecular formula is C19H21N5O. The van der Waals surface area contributed by atoms with E-state index in [1.165, 1.54) is 0 Å². The minimum absolute atomic E-state index is 0.145. The van der Waals surface area contributed by atoms with Gasteiger partial charge >= 0.3 is 0 Å². The number of para-hydroxylation sites is 1. The van der Waals surface area contributed by atoms with Crippen molar-refractivity contribution < 1.29 is 4.79 Å². The van der Waals surface area contributed by atoms with E-state index < -0.39 is 0 Å². The van der Waals surface area contributed by atoms with Crippen LogP contribution in [0.15, 0.2) is 48.7 Å². The Balaban J connectivity index is 1.64. The molecular weight excluding hydrogens is 314 g/mol. The maximum absolute atomic E-state index is 12.4. The van der Waals surface area contributed by atoms with Crippen LogP contribution < -0.4 is 16.4 Å². The van der Waals surface area contributed by atoms with Gasteiger partial charge in [-0.1, -0.05) is 18.2 Å². The highest BCUT2D eigenvalue weighted by Crippen LogP contribution is 2.17. The second-order valence-electron chi connectivity index (χ2n) is 5.90. The topological polar surface area (TPSA) is 95.8 Å². The fourth-order valence-electron chi connectivity index (χ4n) is 2.70. The molecule has 1 aromatic carbocycles. The quantitative estimate of drug-likeness (QED) is 0.575. The lowest BCUT2D eigenvalue weighted by Crippen LogP contribution is -2.23. The van der Waals surface area contributed by atoms with Crippen molar-refractivity contribution >= 4 is 23.2 Å². The number of pyridine rings is 1. The summed E-state index contributed by atoms with van der Waals surface area (Å²) in [5.74, 6) is 1.11. The number of aromatic nitrogens is 2. The number of rotatable bonds is 5. The van der Waals surface area contributed by atoms with E-state index in [2.05, 4.69) is 20.6 Å². The fourth-order valence-corrected chi connectivity index (χ4v) is 2.70. The predicted molar refractivity (Wildman–Crippen MR) is 99.8 cm³/mol. The van der Waals surface area contributed by atoms with Crippen LogP contribution in [0.3, 0.4) is 0 Å². The minimum Gasteiger partial charge on any atom is -0.384 e. The lowest BCUT2D eigenvalue weighted by Gasteiger charge is -2.11. The largest absolute Gasteiger partial charge is 0.384 e. The van der Waals surface area contributed by atoms with Crippen LogP contribution in [0.5, 0.6) is 0 Å². The van der Waals surface area contributed by atoms with E-state index in [-0.39, 0.29) is 5.91 Å². The van der Waals surface area contributed by atoms with Crippen molar-refractivity contribution in [3.63, 3.8) is 0 Å². The van der Waals surface area contributed by atoms with Gasteiger partial charge in [-0.15, -0.1) is 0 Å². The van der Waals surface area contributed by atoms with Gasteiger partial charge in [-0.25, -0.2) is 4.98 Å². The van der Waals surface area contributed by atoms with Crippen molar-refractivity contribution in [3.8, 4) is 0 Å². The summed E-state index contributed by atoms with van der Waals surface area (Å²) in [6, 6.07) is 13.4. The maximum Gasteiger partial charge on any atom is 0.253 e. The second kappa shape index (κ2) is 7.09. The molecule has 128 valence electrons. The van der Waals surface area contributed by atoms with E-state index in [1.807, 2.05) is 50.2 Å². The second-order valence-corrected chi connectivity index (χ2v) is 5.90. The molecule has 0 saturated carbocycles. The zero-order chi connectivity index (χ0) is 17.8. The first-order valence-electron chi connectivity index (χ1n) is 8.04. The van der Waals surface area contributed by atoms with E-state index >= 15 is 0 Å². The molecule has 0 atom stereocenters. The van der Waals surface area contributed by atoms with Crippen LogP contribution in [0.1, 0.15) is 27.2 Å². The number of benzene rings is 1. The lowest BCUT2D eigenvalue weighted by atomic mass is 10.1. The Morgan fingerprint density at radius 2 is 1.96 bits per heavy atom. The molecule has 6 nitrogen and oxygen atoms in total. The summed E-state index contributed by atoms with van der Waals surface area (Å²) >= 11 is 0. The van der Waals surface area contributed by atoms with Crippen LogP contribution in [-0.2, 0) is 6.54 Å². The number of carbonyl (C=O) groups is 1. The number of nitrogens with one attached hydrogen (secondary N) is 3. The smallest absolute Gasteiger partial charge is 0.253 e. The summed E-state index contributed by atoms with van der Waals surface area (Å²) < 4.78 is 0. The Labute approximate surface area is 146 Å². The Morgan fingerprint density at radius 1 is 1.20 bits per heavy atom. The first-order chi connectivity index (χ1) is 12.0. The molecule has 3 aromatic rings. The first-order valence-corrected chi connectivity index (χ1v) is 8.04. The van der Waals surface area contributed by atoms with Crippen molar-refractivity contribution in [2.45, 2.75) is 20.4 Å². The molecule has 3 rings (SSSR count). The number of hydrogen-bond acceptors (Lipinski definition) is 4. The molecule has 0 unspecified atom stereocenters. The zero-order valence-electron chi connectivity index (χ0n) is 14.3. The number of nitrogens with two attached hydrogens (primary N) is 1. The normalized spacial score (nSPS) is 10.5. The first kappa shape index (κ1) is 16.6. The standard InChI is InChI=1S/C19H21N5O/c1-12-8-17(20)23-13(2)16(12)11-22-19(25)14-9-18(21-10-14)24-15-6-4-3-5-7-15/h3-10,21,24H,11H2,1-2H3,(H2,20,23)(H,22,25). The van der Waals surface area contributed by atoms with Gasteiger partial charge in [0.05, 0.1) is 5.56 Å². The summed E-state index contributed by atoms with van der Waals surface area (Å²) in [5, 5.41) is 6.14. The Kier molecular flexibility index (Phi) is 4.70. The van der Waals surface area contributed by atoms with Crippen LogP contribution in [0.4, 0.5) is 17.3 Å². The van der Waals surface area contributed by atoms with Gasteiger partial charge in [-0.2, -0.15) is 0 Å². The van der Waals surface area contributed by atoms with Crippen LogP contribution in [0.25, 0.3) is 0 Å². The summed E-state index contributed by atoms with van der Waals surface area (Å²) in [7, 11) is 0. The van der Waals surface area contributed by atoms with E-state index in [9.17, 15) is 4.79 Å². The van der Waals surface area contributed by atoms with E-state index in [0.29, 0.717) is 17.9 Å². The summed E-state index contributed by atoms with van der Waals surface area (Å²) in [6.07, 6.45) is 1.68. The number of aromatic amines is 1. The molecule has 1 amide bonds. The molecule has 0 bridgehead atoms. The number of hydrogen-bond donors (Lipinski definition) is 4. The molecule has 0 aliphatic carbocycles. The number of aryl methyl sites for hydroxylation is 2. The van der Waals surface area contributed by atoms with Crippen molar-refractivity contribution in [1.82, 2.24) is 15.3 Å². The van der Waals surface area contributed by atoms with Crippen molar-refractivity contribution in [1.29, 1.82) is 0 Å². The summed E-state index contributed by atoms with van der Waals surface area (Å²) in [6.45, 7) is 4.27. The summed E-state index contributed by atoms with van der Waals surface area (Å²) in [5.41, 5.74) is 10.1. The Bertz CT molecular complexity index is 863. The van der Waals surface area contributed by atoms with Gasteiger partial charge in [0.2, 0.25) is 0 Å². The molecule has 2 heterocycles. The molecule has 6 heteroatoms. The SMILES string of the molecule is Cc1cc(N)nc(C)c1CNC(=O)c1c[nH]c(Nc2ccccc2)c1. The van der Waals surface area contributed by atoms with E-state index in [1.54, 1.807) is 12.3 Å². The number of nitrogen functional groups attached to an aromatic ring is 1. The maximum atomic E-state index is 12.4. The third-order valence-electron chi connectivity index (χ3n) is 4.00. The van der Waals surface area contributed by atoms with Gasteiger partial charge in [-0.05, 0) is 49.2 Å². The number of carbonyl (C=O) groups excluding carboxylic acids is 1. The Hall–Kier alpha value is -3.28. The number of anilines is 3.